The molecular weight excluding hydrogens is 172 g/mol. The second-order valence-corrected chi connectivity index (χ2v) is 3.41. The number of rotatable bonds is 4. The van der Waals surface area contributed by atoms with E-state index in [0.717, 1.165) is 12.2 Å². The Balaban J connectivity index is 2.48. The van der Waals surface area contributed by atoms with Crippen LogP contribution in [0.4, 0.5) is 0 Å². The molecule has 1 aromatic heterocycles. The molecular formula is C8H12N2OS. The predicted octanol–water partition coefficient (Wildman–Crippen LogP) is 1.26. The second kappa shape index (κ2) is 5.11. The second-order valence-electron chi connectivity index (χ2n) is 2.43. The summed E-state index contributed by atoms with van der Waals surface area (Å²) in [6.07, 6.45) is 7.09. The van der Waals surface area contributed by atoms with Crippen molar-refractivity contribution < 1.29 is 5.11 Å². The fourth-order valence-corrected chi connectivity index (χ4v) is 1.32. The molecule has 1 rings (SSSR count). The Morgan fingerprint density at radius 2 is 2.42 bits per heavy atom. The van der Waals surface area contributed by atoms with Crippen molar-refractivity contribution in [1.29, 1.82) is 0 Å². The molecule has 0 amide bonds. The van der Waals surface area contributed by atoms with Crippen LogP contribution in [0.2, 0.25) is 0 Å². The van der Waals surface area contributed by atoms with Gasteiger partial charge in [0.15, 0.2) is 0 Å². The van der Waals surface area contributed by atoms with Crippen LogP contribution in [-0.2, 0) is 0 Å². The molecule has 0 fully saturated rings. The zero-order valence-electron chi connectivity index (χ0n) is 6.97. The van der Waals surface area contributed by atoms with Crippen molar-refractivity contribution >= 4 is 11.8 Å². The molecule has 0 bridgehead atoms. The zero-order valence-corrected chi connectivity index (χ0v) is 7.79. The zero-order chi connectivity index (χ0) is 8.81. The highest BCUT2D eigenvalue weighted by molar-refractivity contribution is 7.98. The third-order valence-electron chi connectivity index (χ3n) is 1.52. The third kappa shape index (κ3) is 2.79. The minimum absolute atomic E-state index is 0.467. The first-order chi connectivity index (χ1) is 5.84. The monoisotopic (exact) mass is 184 g/mol. The van der Waals surface area contributed by atoms with Crippen LogP contribution in [0.25, 0.3) is 0 Å². The van der Waals surface area contributed by atoms with Crippen molar-refractivity contribution in [3.8, 4) is 0 Å². The van der Waals surface area contributed by atoms with Gasteiger partial charge in [0.25, 0.3) is 0 Å². The van der Waals surface area contributed by atoms with E-state index in [0.29, 0.717) is 5.69 Å². The summed E-state index contributed by atoms with van der Waals surface area (Å²) in [5.74, 6) is 0.942. The Labute approximate surface area is 76.2 Å². The van der Waals surface area contributed by atoms with Crippen molar-refractivity contribution in [1.82, 2.24) is 9.97 Å². The van der Waals surface area contributed by atoms with Crippen LogP contribution in [0.1, 0.15) is 18.2 Å². The Morgan fingerprint density at radius 1 is 1.58 bits per heavy atom. The van der Waals surface area contributed by atoms with Crippen LogP contribution >= 0.6 is 11.8 Å². The largest absolute Gasteiger partial charge is 0.387 e. The molecule has 0 saturated carbocycles. The summed E-state index contributed by atoms with van der Waals surface area (Å²) >= 11 is 1.72. The van der Waals surface area contributed by atoms with Crippen LogP contribution in [0.5, 0.6) is 0 Å². The smallest absolute Gasteiger partial charge is 0.0983 e. The van der Waals surface area contributed by atoms with Crippen molar-refractivity contribution in [2.75, 3.05) is 12.0 Å². The number of hydrogen-bond donors (Lipinski definition) is 1. The summed E-state index contributed by atoms with van der Waals surface area (Å²) in [5, 5.41) is 9.54. The van der Waals surface area contributed by atoms with Crippen molar-refractivity contribution in [3.63, 3.8) is 0 Å². The summed E-state index contributed by atoms with van der Waals surface area (Å²) in [5.41, 5.74) is 0.659. The van der Waals surface area contributed by atoms with Gasteiger partial charge in [0, 0.05) is 12.4 Å². The van der Waals surface area contributed by atoms with E-state index >= 15 is 0 Å². The summed E-state index contributed by atoms with van der Waals surface area (Å²) < 4.78 is 0. The number of aliphatic hydroxyl groups is 1. The molecule has 1 N–H and O–H groups in total. The van der Waals surface area contributed by atoms with E-state index in [2.05, 4.69) is 9.97 Å². The molecule has 3 nitrogen and oxygen atoms in total. The topological polar surface area (TPSA) is 46.0 Å². The first kappa shape index (κ1) is 9.48. The lowest BCUT2D eigenvalue weighted by molar-refractivity contribution is 0.170. The Hall–Kier alpha value is -0.610. The Kier molecular flexibility index (Phi) is 4.04. The number of hydrogen-bond acceptors (Lipinski definition) is 4. The molecule has 0 aliphatic heterocycles. The highest BCUT2D eigenvalue weighted by atomic mass is 32.2. The van der Waals surface area contributed by atoms with Gasteiger partial charge < -0.3 is 5.11 Å². The molecule has 1 unspecified atom stereocenters. The lowest BCUT2D eigenvalue weighted by Gasteiger charge is -2.07. The molecule has 1 aromatic rings. The van der Waals surface area contributed by atoms with Crippen LogP contribution in [-0.4, -0.2) is 27.1 Å². The molecule has 66 valence electrons. The van der Waals surface area contributed by atoms with Gasteiger partial charge in [-0.05, 0) is 18.4 Å². The number of nitrogens with zero attached hydrogens (tertiary/aromatic N) is 2. The van der Waals surface area contributed by atoms with Gasteiger partial charge >= 0.3 is 0 Å². The van der Waals surface area contributed by atoms with Crippen LogP contribution < -0.4 is 0 Å². The first-order valence-corrected chi connectivity index (χ1v) is 5.17. The van der Waals surface area contributed by atoms with E-state index in [1.807, 2.05) is 6.26 Å². The van der Waals surface area contributed by atoms with Gasteiger partial charge in [-0.2, -0.15) is 11.8 Å². The molecule has 12 heavy (non-hydrogen) atoms. The molecule has 1 atom stereocenters. The van der Waals surface area contributed by atoms with Crippen molar-refractivity contribution in [2.45, 2.75) is 12.5 Å². The average Bonchev–Trinajstić information content (AvgIpc) is 2.15. The minimum atomic E-state index is -0.467. The van der Waals surface area contributed by atoms with E-state index in [9.17, 15) is 5.11 Å². The van der Waals surface area contributed by atoms with Gasteiger partial charge in [0.2, 0.25) is 0 Å². The molecule has 0 saturated heterocycles. The molecule has 0 aliphatic rings. The summed E-state index contributed by atoms with van der Waals surface area (Å²) in [7, 11) is 0. The van der Waals surface area contributed by atoms with Crippen molar-refractivity contribution in [2.24, 2.45) is 0 Å². The van der Waals surface area contributed by atoms with Crippen LogP contribution in [0, 0.1) is 0 Å². The lowest BCUT2D eigenvalue weighted by Crippen LogP contribution is -2.01. The third-order valence-corrected chi connectivity index (χ3v) is 2.16. The highest BCUT2D eigenvalue weighted by Gasteiger charge is 2.07. The van der Waals surface area contributed by atoms with Crippen molar-refractivity contribution in [3.05, 3.63) is 24.3 Å². The average molecular weight is 184 g/mol. The van der Waals surface area contributed by atoms with Crippen LogP contribution in [0.3, 0.4) is 0 Å². The SMILES string of the molecule is CSCCC(O)c1cnccn1. The number of aromatic nitrogens is 2. The molecule has 1 heterocycles. The summed E-state index contributed by atoms with van der Waals surface area (Å²) in [6, 6.07) is 0. The van der Waals surface area contributed by atoms with Gasteiger partial charge in [0.1, 0.15) is 0 Å². The van der Waals surface area contributed by atoms with E-state index in [4.69, 9.17) is 0 Å². The highest BCUT2D eigenvalue weighted by Crippen LogP contribution is 2.14. The first-order valence-electron chi connectivity index (χ1n) is 3.77. The van der Waals surface area contributed by atoms with Gasteiger partial charge in [-0.3, -0.25) is 9.97 Å². The summed E-state index contributed by atoms with van der Waals surface area (Å²) in [6.45, 7) is 0. The molecule has 0 spiro atoms. The maximum atomic E-state index is 9.54. The van der Waals surface area contributed by atoms with E-state index in [-0.39, 0.29) is 0 Å². The fourth-order valence-electron chi connectivity index (χ4n) is 0.860. The molecule has 0 radical (unpaired) electrons. The maximum Gasteiger partial charge on any atom is 0.0983 e. The normalized spacial score (nSPS) is 12.8. The van der Waals surface area contributed by atoms with Crippen LogP contribution in [0.15, 0.2) is 18.6 Å². The van der Waals surface area contributed by atoms with E-state index in [1.54, 1.807) is 30.4 Å². The Bertz CT molecular complexity index is 218. The predicted molar refractivity (Wildman–Crippen MR) is 50.0 cm³/mol. The fraction of sp³-hybridized carbons (Fsp3) is 0.500. The van der Waals surface area contributed by atoms with Gasteiger partial charge in [-0.25, -0.2) is 0 Å². The van der Waals surface area contributed by atoms with Gasteiger partial charge in [-0.15, -0.1) is 0 Å². The number of thioether (sulfide) groups is 1. The summed E-state index contributed by atoms with van der Waals surface area (Å²) in [4.78, 5) is 7.89. The standard InChI is InChI=1S/C8H12N2OS/c1-12-5-2-8(11)7-6-9-3-4-10-7/h3-4,6,8,11H,2,5H2,1H3. The van der Waals surface area contributed by atoms with Gasteiger partial charge in [-0.1, -0.05) is 0 Å². The Morgan fingerprint density at radius 3 is 3.00 bits per heavy atom. The van der Waals surface area contributed by atoms with E-state index in [1.165, 1.54) is 0 Å². The number of aliphatic hydroxyl groups excluding tert-OH is 1. The van der Waals surface area contributed by atoms with E-state index < -0.39 is 6.10 Å². The van der Waals surface area contributed by atoms with Gasteiger partial charge in [0.05, 0.1) is 18.0 Å². The lowest BCUT2D eigenvalue weighted by atomic mass is 10.2. The minimum Gasteiger partial charge on any atom is -0.387 e. The molecule has 0 aromatic carbocycles. The molecule has 0 aliphatic carbocycles. The maximum absolute atomic E-state index is 9.54. The molecule has 4 heteroatoms. The quantitative estimate of drug-likeness (QED) is 0.765.